The first-order valence-corrected chi connectivity index (χ1v) is 8.30. The summed E-state index contributed by atoms with van der Waals surface area (Å²) >= 11 is 0. The monoisotopic (exact) mass is 280 g/mol. The molecule has 0 fully saturated rings. The maximum Gasteiger partial charge on any atom is 0.241 e. The standard InChI is InChI=1S/C14H20N2O2S/c1-19(18)10-4-8-16-14(17)13-12-6-3-2-5-11(12)7-9-15-13/h2-3,5-6,13,15H,4,7-10H2,1H3,(H,16,17). The zero-order valence-electron chi connectivity index (χ0n) is 11.1. The normalized spacial score (nSPS) is 19.5. The van der Waals surface area contributed by atoms with Crippen LogP contribution in [-0.2, 0) is 22.0 Å². The molecule has 2 unspecified atom stereocenters. The maximum atomic E-state index is 12.2. The number of carbonyl (C=O) groups is 1. The zero-order valence-corrected chi connectivity index (χ0v) is 12.0. The molecule has 0 aliphatic carbocycles. The highest BCUT2D eigenvalue weighted by Crippen LogP contribution is 2.22. The van der Waals surface area contributed by atoms with E-state index in [4.69, 9.17) is 0 Å². The fourth-order valence-electron chi connectivity index (χ4n) is 2.33. The van der Waals surface area contributed by atoms with Crippen LogP contribution >= 0.6 is 0 Å². The Kier molecular flexibility index (Phi) is 5.10. The molecule has 104 valence electrons. The van der Waals surface area contributed by atoms with E-state index in [1.54, 1.807) is 6.26 Å². The first-order valence-electron chi connectivity index (χ1n) is 6.57. The second-order valence-electron chi connectivity index (χ2n) is 4.76. The molecule has 1 aliphatic heterocycles. The lowest BCUT2D eigenvalue weighted by atomic mass is 9.94. The van der Waals surface area contributed by atoms with Crippen LogP contribution < -0.4 is 10.6 Å². The third kappa shape index (κ3) is 3.88. The second-order valence-corrected chi connectivity index (χ2v) is 6.31. The minimum absolute atomic E-state index is 0.00837. The van der Waals surface area contributed by atoms with Gasteiger partial charge in [-0.05, 0) is 24.0 Å². The summed E-state index contributed by atoms with van der Waals surface area (Å²) in [6.07, 6.45) is 3.40. The molecule has 1 amide bonds. The molecule has 1 aromatic carbocycles. The minimum Gasteiger partial charge on any atom is -0.354 e. The van der Waals surface area contributed by atoms with E-state index < -0.39 is 10.8 Å². The van der Waals surface area contributed by atoms with Gasteiger partial charge in [0.1, 0.15) is 6.04 Å². The van der Waals surface area contributed by atoms with E-state index in [-0.39, 0.29) is 11.9 Å². The highest BCUT2D eigenvalue weighted by atomic mass is 32.2. The summed E-state index contributed by atoms with van der Waals surface area (Å²) in [5.41, 5.74) is 2.32. The molecule has 2 rings (SSSR count). The average Bonchev–Trinajstić information content (AvgIpc) is 2.42. The van der Waals surface area contributed by atoms with Crippen molar-refractivity contribution in [3.8, 4) is 0 Å². The zero-order chi connectivity index (χ0) is 13.7. The van der Waals surface area contributed by atoms with Crippen LogP contribution in [0, 0.1) is 0 Å². The lowest BCUT2D eigenvalue weighted by Gasteiger charge is -2.26. The third-order valence-electron chi connectivity index (χ3n) is 3.28. The highest BCUT2D eigenvalue weighted by Gasteiger charge is 2.25. The molecule has 2 atom stereocenters. The molecule has 0 bridgehead atoms. The molecule has 5 heteroatoms. The topological polar surface area (TPSA) is 58.2 Å². The van der Waals surface area contributed by atoms with E-state index in [9.17, 15) is 9.00 Å². The average molecular weight is 280 g/mol. The van der Waals surface area contributed by atoms with Crippen molar-refractivity contribution in [2.24, 2.45) is 0 Å². The van der Waals surface area contributed by atoms with Gasteiger partial charge in [0.05, 0.1) is 0 Å². The van der Waals surface area contributed by atoms with Crippen LogP contribution in [0.3, 0.4) is 0 Å². The minimum atomic E-state index is -0.788. The van der Waals surface area contributed by atoms with E-state index in [0.29, 0.717) is 12.3 Å². The van der Waals surface area contributed by atoms with Crippen LogP contribution in [0.5, 0.6) is 0 Å². The van der Waals surface area contributed by atoms with Gasteiger partial charge < -0.3 is 10.6 Å². The lowest BCUT2D eigenvalue weighted by Crippen LogP contribution is -2.41. The Bertz CT molecular complexity index is 476. The number of benzene rings is 1. The van der Waals surface area contributed by atoms with E-state index in [1.807, 2.05) is 18.2 Å². The van der Waals surface area contributed by atoms with E-state index >= 15 is 0 Å². The summed E-state index contributed by atoms with van der Waals surface area (Å²) in [6.45, 7) is 1.41. The molecule has 2 N–H and O–H groups in total. The number of rotatable bonds is 5. The van der Waals surface area contributed by atoms with Crippen molar-refractivity contribution in [2.75, 3.05) is 25.1 Å². The predicted molar refractivity (Wildman–Crippen MR) is 77.4 cm³/mol. The van der Waals surface area contributed by atoms with E-state index in [2.05, 4.69) is 16.7 Å². The van der Waals surface area contributed by atoms with Gasteiger partial charge in [0.2, 0.25) is 5.91 Å². The highest BCUT2D eigenvalue weighted by molar-refractivity contribution is 7.84. The van der Waals surface area contributed by atoms with Crippen molar-refractivity contribution in [1.82, 2.24) is 10.6 Å². The molecule has 0 saturated carbocycles. The summed E-state index contributed by atoms with van der Waals surface area (Å²) in [6, 6.07) is 7.81. The molecular weight excluding hydrogens is 260 g/mol. The largest absolute Gasteiger partial charge is 0.354 e. The van der Waals surface area contributed by atoms with Crippen LogP contribution in [-0.4, -0.2) is 35.2 Å². The SMILES string of the molecule is CS(=O)CCCNC(=O)C1NCCc2ccccc21. The van der Waals surface area contributed by atoms with Crippen molar-refractivity contribution in [2.45, 2.75) is 18.9 Å². The predicted octanol–water partition coefficient (Wildman–Crippen LogP) is 0.758. The molecule has 19 heavy (non-hydrogen) atoms. The number of carbonyl (C=O) groups excluding carboxylic acids is 1. The van der Waals surface area contributed by atoms with Crippen LogP contribution in [0.1, 0.15) is 23.6 Å². The van der Waals surface area contributed by atoms with Crippen molar-refractivity contribution >= 4 is 16.7 Å². The molecule has 0 saturated heterocycles. The van der Waals surface area contributed by atoms with Crippen LogP contribution in [0.2, 0.25) is 0 Å². The van der Waals surface area contributed by atoms with Gasteiger partial charge in [-0.15, -0.1) is 0 Å². The number of nitrogens with one attached hydrogen (secondary N) is 2. The van der Waals surface area contributed by atoms with Gasteiger partial charge in [-0.3, -0.25) is 9.00 Å². The molecule has 1 aliphatic rings. The summed E-state index contributed by atoms with van der Waals surface area (Å²) in [5.74, 6) is 0.642. The molecule has 1 aromatic rings. The van der Waals surface area contributed by atoms with Gasteiger partial charge in [0.15, 0.2) is 0 Å². The van der Waals surface area contributed by atoms with E-state index in [0.717, 1.165) is 24.9 Å². The Morgan fingerprint density at radius 2 is 2.26 bits per heavy atom. The van der Waals surface area contributed by atoms with Gasteiger partial charge in [0.25, 0.3) is 0 Å². The molecule has 0 radical (unpaired) electrons. The Balaban J connectivity index is 1.92. The molecule has 4 nitrogen and oxygen atoms in total. The number of hydrogen-bond donors (Lipinski definition) is 2. The number of hydrogen-bond acceptors (Lipinski definition) is 3. The summed E-state index contributed by atoms with van der Waals surface area (Å²) < 4.78 is 10.9. The van der Waals surface area contributed by atoms with Crippen molar-refractivity contribution in [1.29, 1.82) is 0 Å². The Labute approximate surface area is 116 Å². The maximum absolute atomic E-state index is 12.2. The quantitative estimate of drug-likeness (QED) is 0.783. The van der Waals surface area contributed by atoms with Gasteiger partial charge >= 0.3 is 0 Å². The molecular formula is C14H20N2O2S. The Morgan fingerprint density at radius 3 is 3.05 bits per heavy atom. The summed E-state index contributed by atoms with van der Waals surface area (Å²) in [4.78, 5) is 12.2. The van der Waals surface area contributed by atoms with Crippen molar-refractivity contribution < 1.29 is 9.00 Å². The van der Waals surface area contributed by atoms with E-state index in [1.165, 1.54) is 5.56 Å². The molecule has 1 heterocycles. The van der Waals surface area contributed by atoms with Crippen LogP contribution in [0.15, 0.2) is 24.3 Å². The third-order valence-corrected chi connectivity index (χ3v) is 4.14. The number of amides is 1. The van der Waals surface area contributed by atoms with Crippen molar-refractivity contribution in [3.63, 3.8) is 0 Å². The molecule has 0 aromatic heterocycles. The summed E-state index contributed by atoms with van der Waals surface area (Å²) in [7, 11) is -0.788. The summed E-state index contributed by atoms with van der Waals surface area (Å²) in [5, 5.41) is 6.17. The second kappa shape index (κ2) is 6.82. The van der Waals surface area contributed by atoms with Crippen LogP contribution in [0.25, 0.3) is 0 Å². The molecule has 0 spiro atoms. The fourth-order valence-corrected chi connectivity index (χ4v) is 2.88. The smallest absolute Gasteiger partial charge is 0.241 e. The van der Waals surface area contributed by atoms with Crippen molar-refractivity contribution in [3.05, 3.63) is 35.4 Å². The number of fused-ring (bicyclic) bond motifs is 1. The van der Waals surface area contributed by atoms with Gasteiger partial charge in [-0.25, -0.2) is 0 Å². The fraction of sp³-hybridized carbons (Fsp3) is 0.500. The Hall–Kier alpha value is -1.20. The first kappa shape index (κ1) is 14.2. The van der Waals surface area contributed by atoms with Gasteiger partial charge in [-0.2, -0.15) is 0 Å². The lowest BCUT2D eigenvalue weighted by molar-refractivity contribution is -0.123. The van der Waals surface area contributed by atoms with Gasteiger partial charge in [-0.1, -0.05) is 24.3 Å². The first-order chi connectivity index (χ1) is 9.18. The van der Waals surface area contributed by atoms with Gasteiger partial charge in [0, 0.05) is 35.9 Å². The van der Waals surface area contributed by atoms with Crippen LogP contribution in [0.4, 0.5) is 0 Å². The Morgan fingerprint density at radius 1 is 1.47 bits per heavy atom.